The molecule has 0 spiro atoms. The summed E-state index contributed by atoms with van der Waals surface area (Å²) in [6, 6.07) is 5.09. The fourth-order valence-electron chi connectivity index (χ4n) is 1.12. The minimum absolute atomic E-state index is 0.00255. The second kappa shape index (κ2) is 2.81. The highest BCUT2D eigenvalue weighted by Gasteiger charge is 2.06. The molecule has 1 heterocycles. The Hall–Kier alpha value is -1.42. The van der Waals surface area contributed by atoms with Crippen molar-refractivity contribution in [3.05, 3.63) is 23.8 Å². The summed E-state index contributed by atoms with van der Waals surface area (Å²) in [6.45, 7) is 1.50. The quantitative estimate of drug-likeness (QED) is 0.652. The second-order valence-electron chi connectivity index (χ2n) is 2.72. The normalized spacial score (nSPS) is 10.5. The van der Waals surface area contributed by atoms with Crippen LogP contribution in [-0.4, -0.2) is 10.8 Å². The minimum atomic E-state index is -0.212. The number of ketones is 1. The number of carbonyl (C=O) groups excluding carboxylic acids is 1. The molecule has 0 aliphatic heterocycles. The van der Waals surface area contributed by atoms with E-state index in [1.165, 1.54) is 6.92 Å². The van der Waals surface area contributed by atoms with Gasteiger partial charge in [0.25, 0.3) is 0 Å². The van der Waals surface area contributed by atoms with E-state index in [2.05, 4.69) is 4.98 Å². The van der Waals surface area contributed by atoms with E-state index >= 15 is 0 Å². The summed E-state index contributed by atoms with van der Waals surface area (Å²) in [4.78, 5) is 14.8. The molecular weight excluding hydrogens is 186 g/mol. The average Bonchev–Trinajstić information content (AvgIpc) is 2.42. The van der Waals surface area contributed by atoms with Gasteiger partial charge in [0.1, 0.15) is 0 Å². The molecule has 0 bridgehead atoms. The van der Waals surface area contributed by atoms with E-state index in [-0.39, 0.29) is 11.0 Å². The molecule has 2 rings (SSSR count). The van der Waals surface area contributed by atoms with Crippen molar-refractivity contribution < 1.29 is 9.90 Å². The van der Waals surface area contributed by atoms with Crippen molar-refractivity contribution in [2.75, 3.05) is 0 Å². The number of benzene rings is 1. The Morgan fingerprint density at radius 3 is 2.92 bits per heavy atom. The molecule has 0 atom stereocenters. The summed E-state index contributed by atoms with van der Waals surface area (Å²) in [5, 5.41) is 10.7. The Morgan fingerprint density at radius 2 is 2.23 bits per heavy atom. The van der Waals surface area contributed by atoms with Gasteiger partial charge in [-0.05, 0) is 25.1 Å². The Morgan fingerprint density at radius 1 is 1.46 bits per heavy atom. The molecule has 0 fully saturated rings. The first kappa shape index (κ1) is 8.19. The highest BCUT2D eigenvalue weighted by Crippen LogP contribution is 2.27. The van der Waals surface area contributed by atoms with Gasteiger partial charge in [-0.2, -0.15) is 4.98 Å². The first-order valence-corrected chi connectivity index (χ1v) is 4.57. The van der Waals surface area contributed by atoms with Gasteiger partial charge in [-0.1, -0.05) is 11.3 Å². The lowest BCUT2D eigenvalue weighted by atomic mass is 10.1. The van der Waals surface area contributed by atoms with Gasteiger partial charge in [0, 0.05) is 5.56 Å². The van der Waals surface area contributed by atoms with Gasteiger partial charge in [0.2, 0.25) is 0 Å². The van der Waals surface area contributed by atoms with Crippen molar-refractivity contribution in [2.45, 2.75) is 6.92 Å². The zero-order chi connectivity index (χ0) is 9.42. The van der Waals surface area contributed by atoms with Crippen LogP contribution in [0.2, 0.25) is 0 Å². The smallest absolute Gasteiger partial charge is 0.295 e. The van der Waals surface area contributed by atoms with E-state index < -0.39 is 0 Å². The maximum Gasteiger partial charge on any atom is 0.327 e. The highest BCUT2D eigenvalue weighted by atomic mass is 32.1. The van der Waals surface area contributed by atoms with Crippen LogP contribution in [0.25, 0.3) is 10.2 Å². The SMILES string of the molecule is CC(=O)c1ccc2nc([O])sc2c1. The Kier molecular flexibility index (Phi) is 1.77. The molecule has 0 N–H and O–H groups in total. The number of Topliss-reactive ketones (excluding diaryl/α,β-unsaturated/α-hetero) is 1. The molecule has 4 heteroatoms. The van der Waals surface area contributed by atoms with Gasteiger partial charge < -0.3 is 0 Å². The average molecular weight is 192 g/mol. The third-order valence-corrected chi connectivity index (χ3v) is 2.59. The molecular formula is C9H6NO2S. The molecule has 0 saturated carbocycles. The monoisotopic (exact) mass is 192 g/mol. The minimum Gasteiger partial charge on any atom is -0.295 e. The van der Waals surface area contributed by atoms with Crippen molar-refractivity contribution in [1.82, 2.24) is 4.98 Å². The zero-order valence-electron chi connectivity index (χ0n) is 6.90. The van der Waals surface area contributed by atoms with Crippen molar-refractivity contribution in [3.63, 3.8) is 0 Å². The van der Waals surface area contributed by atoms with Crippen LogP contribution >= 0.6 is 11.3 Å². The number of hydrogen-bond donors (Lipinski definition) is 0. The van der Waals surface area contributed by atoms with Crippen molar-refractivity contribution in [1.29, 1.82) is 0 Å². The van der Waals surface area contributed by atoms with Crippen LogP contribution in [0.15, 0.2) is 18.2 Å². The molecule has 0 unspecified atom stereocenters. The lowest BCUT2D eigenvalue weighted by molar-refractivity contribution is 0.101. The predicted octanol–water partition coefficient (Wildman–Crippen LogP) is 2.64. The van der Waals surface area contributed by atoms with Gasteiger partial charge in [0.15, 0.2) is 5.78 Å². The Labute approximate surface area is 78.7 Å². The zero-order valence-corrected chi connectivity index (χ0v) is 7.72. The summed E-state index contributed by atoms with van der Waals surface area (Å²) in [5.41, 5.74) is 1.29. The Bertz CT molecular complexity index is 475. The molecule has 1 radical (unpaired) electrons. The van der Waals surface area contributed by atoms with Gasteiger partial charge in [0.05, 0.1) is 10.2 Å². The summed E-state index contributed by atoms with van der Waals surface area (Å²) < 4.78 is 0.776. The van der Waals surface area contributed by atoms with Crippen molar-refractivity contribution in [3.8, 4) is 5.19 Å². The molecule has 13 heavy (non-hydrogen) atoms. The highest BCUT2D eigenvalue weighted by molar-refractivity contribution is 7.20. The second-order valence-corrected chi connectivity index (χ2v) is 3.71. The van der Waals surface area contributed by atoms with Gasteiger partial charge in [-0.25, -0.2) is 0 Å². The van der Waals surface area contributed by atoms with Gasteiger partial charge in [-0.15, -0.1) is 0 Å². The van der Waals surface area contributed by atoms with Crippen LogP contribution in [-0.2, 0) is 5.11 Å². The van der Waals surface area contributed by atoms with E-state index in [1.54, 1.807) is 18.2 Å². The van der Waals surface area contributed by atoms with Crippen LogP contribution in [0.4, 0.5) is 0 Å². The fourth-order valence-corrected chi connectivity index (χ4v) is 1.86. The van der Waals surface area contributed by atoms with Crippen LogP contribution < -0.4 is 0 Å². The number of rotatable bonds is 1. The molecule has 1 aromatic heterocycles. The van der Waals surface area contributed by atoms with Crippen molar-refractivity contribution in [2.24, 2.45) is 0 Å². The van der Waals surface area contributed by atoms with E-state index in [1.807, 2.05) is 0 Å². The van der Waals surface area contributed by atoms with Crippen LogP contribution in [0.1, 0.15) is 17.3 Å². The molecule has 2 aromatic rings. The summed E-state index contributed by atoms with van der Waals surface area (Å²) in [7, 11) is 0. The number of aromatic nitrogens is 1. The number of thiazole rings is 1. The third kappa shape index (κ3) is 1.40. The van der Waals surface area contributed by atoms with Crippen LogP contribution in [0.5, 0.6) is 5.19 Å². The standard InChI is InChI=1S/C9H6NO2S/c1-5(11)6-2-3-7-8(4-6)13-9(12)10-7/h2-4H,1H3. The fraction of sp³-hybridized carbons (Fsp3) is 0.111. The van der Waals surface area contributed by atoms with Crippen LogP contribution in [0, 0.1) is 0 Å². The largest absolute Gasteiger partial charge is 0.327 e. The number of nitrogens with zero attached hydrogens (tertiary/aromatic N) is 1. The lowest BCUT2D eigenvalue weighted by Crippen LogP contribution is -1.89. The summed E-state index contributed by atoms with van der Waals surface area (Å²) >= 11 is 1.06. The number of fused-ring (bicyclic) bond motifs is 1. The molecule has 0 amide bonds. The van der Waals surface area contributed by atoms with E-state index in [4.69, 9.17) is 0 Å². The molecule has 0 aliphatic carbocycles. The molecule has 0 saturated heterocycles. The number of carbonyl (C=O) groups is 1. The predicted molar refractivity (Wildman–Crippen MR) is 49.8 cm³/mol. The molecule has 1 aromatic carbocycles. The summed E-state index contributed by atoms with van der Waals surface area (Å²) in [6.07, 6.45) is 0. The number of hydrogen-bond acceptors (Lipinski definition) is 3. The third-order valence-electron chi connectivity index (χ3n) is 1.78. The van der Waals surface area contributed by atoms with Gasteiger partial charge in [-0.3, -0.25) is 9.90 Å². The van der Waals surface area contributed by atoms with E-state index in [0.29, 0.717) is 11.1 Å². The summed E-state index contributed by atoms with van der Waals surface area (Å²) in [5.74, 6) is 0.00255. The van der Waals surface area contributed by atoms with Crippen LogP contribution in [0.3, 0.4) is 0 Å². The van der Waals surface area contributed by atoms with E-state index in [0.717, 1.165) is 16.0 Å². The maximum absolute atomic E-state index is 11.0. The molecule has 3 nitrogen and oxygen atoms in total. The molecule has 0 aliphatic rings. The first-order chi connectivity index (χ1) is 6.16. The first-order valence-electron chi connectivity index (χ1n) is 3.75. The topological polar surface area (TPSA) is 49.9 Å². The Balaban J connectivity index is 2.67. The molecule has 65 valence electrons. The van der Waals surface area contributed by atoms with Gasteiger partial charge >= 0.3 is 5.19 Å². The maximum atomic E-state index is 11.0. The lowest BCUT2D eigenvalue weighted by Gasteiger charge is -1.92. The van der Waals surface area contributed by atoms with Crippen molar-refractivity contribution >= 4 is 27.3 Å². The van der Waals surface area contributed by atoms with E-state index in [9.17, 15) is 9.90 Å².